The van der Waals surface area contributed by atoms with E-state index in [0.717, 1.165) is 22.9 Å². The third kappa shape index (κ3) is 1.61. The number of Topliss-reactive ketones (excluding diaryl/α,β-unsaturated/α-hetero) is 1. The lowest BCUT2D eigenvalue weighted by Gasteiger charge is -2.15. The number of carbonyl (C=O) groups excluding carboxylic acids is 1. The second-order valence-electron chi connectivity index (χ2n) is 4.14. The van der Waals surface area contributed by atoms with Crippen molar-refractivity contribution >= 4 is 21.7 Å². The standard InChI is InChI=1S/C12H13BrO3/c1-7(14)12(3-4-12)8-5-10(15)11(16-2)6-9(8)13/h5-6,15H,3-4H2,1-2H3. The van der Waals surface area contributed by atoms with Crippen molar-refractivity contribution in [1.82, 2.24) is 0 Å². The fourth-order valence-corrected chi connectivity index (χ4v) is 2.71. The van der Waals surface area contributed by atoms with Crippen molar-refractivity contribution in [1.29, 1.82) is 0 Å². The number of phenolic OH excluding ortho intramolecular Hbond substituents is 1. The van der Waals surface area contributed by atoms with Crippen LogP contribution < -0.4 is 4.74 Å². The Kier molecular flexibility index (Phi) is 2.70. The van der Waals surface area contributed by atoms with E-state index in [9.17, 15) is 9.90 Å². The summed E-state index contributed by atoms with van der Waals surface area (Å²) in [6, 6.07) is 3.32. The first-order valence-electron chi connectivity index (χ1n) is 5.09. The van der Waals surface area contributed by atoms with Gasteiger partial charge in [0, 0.05) is 4.47 Å². The van der Waals surface area contributed by atoms with Crippen molar-refractivity contribution in [3.63, 3.8) is 0 Å². The smallest absolute Gasteiger partial charge is 0.161 e. The Labute approximate surface area is 103 Å². The number of carbonyl (C=O) groups is 1. The van der Waals surface area contributed by atoms with E-state index in [1.807, 2.05) is 0 Å². The largest absolute Gasteiger partial charge is 0.504 e. The molecule has 1 fully saturated rings. The molecule has 3 nitrogen and oxygen atoms in total. The summed E-state index contributed by atoms with van der Waals surface area (Å²) in [7, 11) is 1.50. The predicted octanol–water partition coefficient (Wildman–Crippen LogP) is 2.78. The normalized spacial score (nSPS) is 16.9. The number of halogens is 1. The molecule has 1 aliphatic rings. The van der Waals surface area contributed by atoms with Crippen molar-refractivity contribution in [3.05, 3.63) is 22.2 Å². The summed E-state index contributed by atoms with van der Waals surface area (Å²) in [5, 5.41) is 9.73. The van der Waals surface area contributed by atoms with Crippen LogP contribution in [0.2, 0.25) is 0 Å². The molecular weight excluding hydrogens is 272 g/mol. The van der Waals surface area contributed by atoms with E-state index in [0.29, 0.717) is 5.75 Å². The Morgan fingerprint density at radius 3 is 2.56 bits per heavy atom. The summed E-state index contributed by atoms with van der Waals surface area (Å²) in [6.45, 7) is 1.60. The number of benzene rings is 1. The number of phenols is 1. The maximum absolute atomic E-state index is 11.6. The molecule has 0 radical (unpaired) electrons. The van der Waals surface area contributed by atoms with E-state index in [4.69, 9.17) is 4.74 Å². The van der Waals surface area contributed by atoms with Crippen LogP contribution in [-0.2, 0) is 10.2 Å². The summed E-state index contributed by atoms with van der Waals surface area (Å²) in [6.07, 6.45) is 1.71. The van der Waals surface area contributed by atoms with Gasteiger partial charge in [-0.2, -0.15) is 0 Å². The molecule has 0 atom stereocenters. The lowest BCUT2D eigenvalue weighted by atomic mass is 9.92. The van der Waals surface area contributed by atoms with Crippen LogP contribution in [0.5, 0.6) is 11.5 Å². The zero-order chi connectivity index (χ0) is 11.9. The van der Waals surface area contributed by atoms with Crippen molar-refractivity contribution in [2.45, 2.75) is 25.2 Å². The first-order chi connectivity index (χ1) is 7.51. The van der Waals surface area contributed by atoms with Crippen LogP contribution in [0.3, 0.4) is 0 Å². The van der Waals surface area contributed by atoms with Crippen LogP contribution in [0.1, 0.15) is 25.3 Å². The summed E-state index contributed by atoms with van der Waals surface area (Å²) in [4.78, 5) is 11.6. The van der Waals surface area contributed by atoms with Crippen molar-refractivity contribution in [3.8, 4) is 11.5 Å². The highest BCUT2D eigenvalue weighted by molar-refractivity contribution is 9.10. The number of hydrogen-bond donors (Lipinski definition) is 1. The number of ketones is 1. The quantitative estimate of drug-likeness (QED) is 0.928. The number of rotatable bonds is 3. The second-order valence-corrected chi connectivity index (χ2v) is 5.00. The van der Waals surface area contributed by atoms with Crippen molar-refractivity contribution in [2.24, 2.45) is 0 Å². The third-order valence-corrected chi connectivity index (χ3v) is 3.86. The fourth-order valence-electron chi connectivity index (χ4n) is 2.01. The van der Waals surface area contributed by atoms with Crippen LogP contribution in [0.4, 0.5) is 0 Å². The van der Waals surface area contributed by atoms with E-state index >= 15 is 0 Å². The van der Waals surface area contributed by atoms with Gasteiger partial charge in [0.2, 0.25) is 0 Å². The van der Waals surface area contributed by atoms with Gasteiger partial charge in [-0.25, -0.2) is 0 Å². The zero-order valence-corrected chi connectivity index (χ0v) is 10.8. The van der Waals surface area contributed by atoms with Gasteiger partial charge in [-0.3, -0.25) is 4.79 Å². The maximum Gasteiger partial charge on any atom is 0.161 e. The topological polar surface area (TPSA) is 46.5 Å². The summed E-state index contributed by atoms with van der Waals surface area (Å²) >= 11 is 3.42. The van der Waals surface area contributed by atoms with Gasteiger partial charge in [-0.1, -0.05) is 15.9 Å². The lowest BCUT2D eigenvalue weighted by molar-refractivity contribution is -0.119. The molecule has 0 spiro atoms. The molecule has 0 aliphatic heterocycles. The minimum Gasteiger partial charge on any atom is -0.504 e. The maximum atomic E-state index is 11.6. The second kappa shape index (κ2) is 3.77. The van der Waals surface area contributed by atoms with Crippen LogP contribution in [0.15, 0.2) is 16.6 Å². The monoisotopic (exact) mass is 284 g/mol. The fraction of sp³-hybridized carbons (Fsp3) is 0.417. The third-order valence-electron chi connectivity index (χ3n) is 3.21. The van der Waals surface area contributed by atoms with E-state index in [-0.39, 0.29) is 16.9 Å². The van der Waals surface area contributed by atoms with Gasteiger partial charge in [0.05, 0.1) is 12.5 Å². The highest BCUT2D eigenvalue weighted by atomic mass is 79.9. The van der Waals surface area contributed by atoms with E-state index < -0.39 is 0 Å². The van der Waals surface area contributed by atoms with Gasteiger partial charge < -0.3 is 9.84 Å². The van der Waals surface area contributed by atoms with Gasteiger partial charge in [0.1, 0.15) is 5.78 Å². The van der Waals surface area contributed by atoms with Crippen LogP contribution in [0, 0.1) is 0 Å². The molecule has 0 aromatic heterocycles. The molecule has 2 rings (SSSR count). The number of hydrogen-bond acceptors (Lipinski definition) is 3. The van der Waals surface area contributed by atoms with E-state index in [1.54, 1.807) is 19.1 Å². The molecule has 1 aromatic carbocycles. The van der Waals surface area contributed by atoms with E-state index in [1.165, 1.54) is 7.11 Å². The molecule has 0 heterocycles. The Bertz CT molecular complexity index is 450. The summed E-state index contributed by atoms with van der Waals surface area (Å²) < 4.78 is 5.82. The van der Waals surface area contributed by atoms with Gasteiger partial charge in [0.15, 0.2) is 11.5 Å². The molecule has 86 valence electrons. The highest BCUT2D eigenvalue weighted by Crippen LogP contribution is 2.52. The minimum absolute atomic E-state index is 0.0771. The van der Waals surface area contributed by atoms with Crippen LogP contribution >= 0.6 is 15.9 Å². The van der Waals surface area contributed by atoms with Crippen LogP contribution in [0.25, 0.3) is 0 Å². The van der Waals surface area contributed by atoms with Crippen molar-refractivity contribution < 1.29 is 14.6 Å². The van der Waals surface area contributed by atoms with Crippen LogP contribution in [-0.4, -0.2) is 18.0 Å². The zero-order valence-electron chi connectivity index (χ0n) is 9.21. The lowest BCUT2D eigenvalue weighted by Crippen LogP contribution is -2.17. The number of aromatic hydroxyl groups is 1. The van der Waals surface area contributed by atoms with E-state index in [2.05, 4.69) is 15.9 Å². The molecule has 1 aromatic rings. The Morgan fingerprint density at radius 2 is 2.12 bits per heavy atom. The molecule has 16 heavy (non-hydrogen) atoms. The van der Waals surface area contributed by atoms with Crippen molar-refractivity contribution in [2.75, 3.05) is 7.11 Å². The average molecular weight is 285 g/mol. The first kappa shape index (κ1) is 11.5. The molecule has 0 bridgehead atoms. The predicted molar refractivity (Wildman–Crippen MR) is 64.0 cm³/mol. The Morgan fingerprint density at radius 1 is 1.50 bits per heavy atom. The molecular formula is C12H13BrO3. The Hall–Kier alpha value is -1.03. The molecule has 1 saturated carbocycles. The summed E-state index contributed by atoms with van der Waals surface area (Å²) in [5.74, 6) is 0.640. The molecule has 1 aliphatic carbocycles. The van der Waals surface area contributed by atoms with Gasteiger partial charge in [0.25, 0.3) is 0 Å². The number of ether oxygens (including phenoxy) is 1. The Balaban J connectivity index is 2.51. The summed E-state index contributed by atoms with van der Waals surface area (Å²) in [5.41, 5.74) is 0.473. The van der Waals surface area contributed by atoms with Gasteiger partial charge >= 0.3 is 0 Å². The average Bonchev–Trinajstić information content (AvgIpc) is 3.01. The SMILES string of the molecule is COc1cc(Br)c(C2(C(C)=O)CC2)cc1O. The van der Waals surface area contributed by atoms with Gasteiger partial charge in [-0.15, -0.1) is 0 Å². The molecule has 1 N–H and O–H groups in total. The molecule has 0 saturated heterocycles. The highest BCUT2D eigenvalue weighted by Gasteiger charge is 2.50. The minimum atomic E-state index is -0.386. The number of methoxy groups -OCH3 is 1. The molecule has 4 heteroatoms. The van der Waals surface area contributed by atoms with Gasteiger partial charge in [-0.05, 0) is 37.5 Å². The molecule has 0 amide bonds. The molecule has 0 unspecified atom stereocenters. The first-order valence-corrected chi connectivity index (χ1v) is 5.88.